The average Bonchev–Trinajstić information content (AvgIpc) is 3.07. The lowest BCUT2D eigenvalue weighted by Crippen LogP contribution is -2.33. The number of nitrogens with one attached hydrogen (secondary N) is 2. The van der Waals surface area contributed by atoms with E-state index >= 15 is 0 Å². The number of alkyl halides is 3. The molecule has 3 N–H and O–H groups in total. The Balaban J connectivity index is 2.15. The Bertz CT molecular complexity index is 1100. The van der Waals surface area contributed by atoms with Crippen LogP contribution in [0.4, 0.5) is 13.2 Å². The second-order valence-corrected chi connectivity index (χ2v) is 5.47. The van der Waals surface area contributed by atoms with Gasteiger partial charge in [0.05, 0.1) is 11.3 Å². The highest BCUT2D eigenvalue weighted by atomic mass is 19.4. The monoisotopic (exact) mass is 380 g/mol. The highest BCUT2D eigenvalue weighted by Gasteiger charge is 2.31. The van der Waals surface area contributed by atoms with E-state index in [-0.39, 0.29) is 16.9 Å². The standard InChI is InChI=1S/C16H11F3N4O4/c17-16(18,19)9-3-1-2-8(4-9)10-5-11(24)13(14-21-7-22-23(10)14)15(27)20-6-12(25)26/h1-5,7H,6H2,(H,20,27)(H,21,22)(H,25,26). The first-order valence-corrected chi connectivity index (χ1v) is 7.45. The molecule has 0 fully saturated rings. The third-order valence-corrected chi connectivity index (χ3v) is 3.68. The summed E-state index contributed by atoms with van der Waals surface area (Å²) in [5, 5.41) is 13.3. The number of H-pyrrole nitrogens is 1. The summed E-state index contributed by atoms with van der Waals surface area (Å²) in [5.41, 5.74) is -2.13. The molecule has 0 aliphatic rings. The number of aromatic amines is 1. The van der Waals surface area contributed by atoms with Crippen LogP contribution in [0.3, 0.4) is 0 Å². The minimum Gasteiger partial charge on any atom is -0.480 e. The van der Waals surface area contributed by atoms with Gasteiger partial charge in [-0.05, 0) is 12.1 Å². The van der Waals surface area contributed by atoms with E-state index in [2.05, 4.69) is 15.4 Å². The Morgan fingerprint density at radius 2 is 2.00 bits per heavy atom. The highest BCUT2D eigenvalue weighted by Crippen LogP contribution is 2.32. The molecule has 1 amide bonds. The van der Waals surface area contributed by atoms with Crippen molar-refractivity contribution in [3.63, 3.8) is 0 Å². The van der Waals surface area contributed by atoms with Gasteiger partial charge in [0, 0.05) is 11.6 Å². The maximum Gasteiger partial charge on any atom is 0.416 e. The van der Waals surface area contributed by atoms with Gasteiger partial charge in [0.25, 0.3) is 5.91 Å². The molecule has 3 aromatic rings. The maximum atomic E-state index is 12.9. The van der Waals surface area contributed by atoms with Crippen molar-refractivity contribution in [2.45, 2.75) is 6.18 Å². The predicted molar refractivity (Wildman–Crippen MR) is 86.2 cm³/mol. The van der Waals surface area contributed by atoms with E-state index in [4.69, 9.17) is 5.11 Å². The molecule has 11 heteroatoms. The SMILES string of the molecule is O=C(O)CNC(=O)c1c(=O)cc(-c2cccc(C(F)(F)F)c2)n2[nH]cnc12. The molecule has 0 aliphatic heterocycles. The topological polar surface area (TPSA) is 117 Å². The van der Waals surface area contributed by atoms with Gasteiger partial charge in [-0.3, -0.25) is 19.5 Å². The molecule has 0 unspecified atom stereocenters. The Morgan fingerprint density at radius 3 is 2.67 bits per heavy atom. The molecule has 140 valence electrons. The fourth-order valence-electron chi connectivity index (χ4n) is 2.52. The van der Waals surface area contributed by atoms with E-state index in [1.54, 1.807) is 0 Å². The van der Waals surface area contributed by atoms with Gasteiger partial charge in [0.1, 0.15) is 18.4 Å². The number of aromatic nitrogens is 3. The van der Waals surface area contributed by atoms with Crippen molar-refractivity contribution >= 4 is 17.5 Å². The molecule has 0 saturated carbocycles. The molecule has 0 saturated heterocycles. The molecule has 3 rings (SSSR count). The number of hydrogen-bond donors (Lipinski definition) is 3. The summed E-state index contributed by atoms with van der Waals surface area (Å²) in [5.74, 6) is -2.26. The summed E-state index contributed by atoms with van der Waals surface area (Å²) in [6.45, 7) is -0.704. The van der Waals surface area contributed by atoms with Crippen molar-refractivity contribution in [1.82, 2.24) is 19.9 Å². The predicted octanol–water partition coefficient (Wildman–Crippen LogP) is 1.52. The van der Waals surface area contributed by atoms with Crippen molar-refractivity contribution in [3.8, 4) is 11.3 Å². The summed E-state index contributed by atoms with van der Waals surface area (Å²) < 4.78 is 40.0. The van der Waals surface area contributed by atoms with Crippen molar-refractivity contribution in [1.29, 1.82) is 0 Å². The summed E-state index contributed by atoms with van der Waals surface area (Å²) in [7, 11) is 0. The molecule has 2 aromatic heterocycles. The van der Waals surface area contributed by atoms with Crippen molar-refractivity contribution < 1.29 is 27.9 Å². The zero-order valence-electron chi connectivity index (χ0n) is 13.4. The number of hydrogen-bond acceptors (Lipinski definition) is 4. The highest BCUT2D eigenvalue weighted by molar-refractivity contribution is 6.01. The number of pyridine rings is 1. The molecular weight excluding hydrogens is 369 g/mol. The van der Waals surface area contributed by atoms with Gasteiger partial charge >= 0.3 is 12.1 Å². The molecule has 0 bridgehead atoms. The molecule has 0 spiro atoms. The van der Waals surface area contributed by atoms with Crippen LogP contribution in [-0.2, 0) is 11.0 Å². The smallest absolute Gasteiger partial charge is 0.416 e. The quantitative estimate of drug-likeness (QED) is 0.635. The average molecular weight is 380 g/mol. The van der Waals surface area contributed by atoms with Crippen LogP contribution in [0.5, 0.6) is 0 Å². The summed E-state index contributed by atoms with van der Waals surface area (Å²) in [4.78, 5) is 39.0. The number of halogens is 3. The number of nitrogens with zero attached hydrogens (tertiary/aromatic N) is 2. The normalized spacial score (nSPS) is 11.5. The first kappa shape index (κ1) is 18.2. The van der Waals surface area contributed by atoms with Crippen LogP contribution in [0.2, 0.25) is 0 Å². The van der Waals surface area contributed by atoms with Gasteiger partial charge < -0.3 is 10.4 Å². The van der Waals surface area contributed by atoms with Gasteiger partial charge in [-0.15, -0.1) is 0 Å². The lowest BCUT2D eigenvalue weighted by molar-refractivity contribution is -0.137. The van der Waals surface area contributed by atoms with Gasteiger partial charge in [-0.2, -0.15) is 13.2 Å². The van der Waals surface area contributed by atoms with Crippen molar-refractivity contribution in [3.05, 3.63) is 58.0 Å². The van der Waals surface area contributed by atoms with Crippen LogP contribution in [0.25, 0.3) is 16.9 Å². The number of benzene rings is 1. The maximum absolute atomic E-state index is 12.9. The number of carboxylic acids is 1. The Labute approximate surface area is 148 Å². The molecule has 2 heterocycles. The lowest BCUT2D eigenvalue weighted by atomic mass is 10.1. The third-order valence-electron chi connectivity index (χ3n) is 3.68. The van der Waals surface area contributed by atoms with E-state index in [1.807, 2.05) is 0 Å². The van der Waals surface area contributed by atoms with Gasteiger partial charge in [0.2, 0.25) is 0 Å². The molecule has 1 aromatic carbocycles. The number of rotatable bonds is 4. The number of carbonyl (C=O) groups excluding carboxylic acids is 1. The van der Waals surface area contributed by atoms with E-state index in [1.165, 1.54) is 16.6 Å². The number of carboxylic acid groups (broad SMARTS) is 1. The van der Waals surface area contributed by atoms with E-state index in [9.17, 15) is 27.6 Å². The Hall–Kier alpha value is -3.63. The first-order chi connectivity index (χ1) is 12.7. The second-order valence-electron chi connectivity index (χ2n) is 5.47. The molecular formula is C16H11F3N4O4. The lowest BCUT2D eigenvalue weighted by Gasteiger charge is -2.11. The molecule has 27 heavy (non-hydrogen) atoms. The minimum atomic E-state index is -4.56. The van der Waals surface area contributed by atoms with Crippen LogP contribution in [0, 0.1) is 0 Å². The van der Waals surface area contributed by atoms with Crippen LogP contribution in [-0.4, -0.2) is 38.1 Å². The molecule has 0 atom stereocenters. The number of amides is 1. The van der Waals surface area contributed by atoms with E-state index in [0.29, 0.717) is 0 Å². The zero-order valence-corrected chi connectivity index (χ0v) is 13.4. The summed E-state index contributed by atoms with van der Waals surface area (Å²) in [6, 6.07) is 5.31. The largest absolute Gasteiger partial charge is 0.480 e. The fraction of sp³-hybridized carbons (Fsp3) is 0.125. The van der Waals surface area contributed by atoms with Crippen LogP contribution in [0.15, 0.2) is 41.5 Å². The third kappa shape index (κ3) is 3.52. The summed E-state index contributed by atoms with van der Waals surface area (Å²) in [6.07, 6.45) is -3.41. The minimum absolute atomic E-state index is 0.0633. The fourth-order valence-corrected chi connectivity index (χ4v) is 2.52. The van der Waals surface area contributed by atoms with Gasteiger partial charge in [0.15, 0.2) is 11.1 Å². The molecule has 0 radical (unpaired) electrons. The number of fused-ring (bicyclic) bond motifs is 1. The second kappa shape index (κ2) is 6.59. The van der Waals surface area contributed by atoms with Gasteiger partial charge in [-0.25, -0.2) is 9.50 Å². The van der Waals surface area contributed by atoms with Gasteiger partial charge in [-0.1, -0.05) is 12.1 Å². The van der Waals surface area contributed by atoms with Crippen LogP contribution in [0.1, 0.15) is 15.9 Å². The Kier molecular flexibility index (Phi) is 4.44. The first-order valence-electron chi connectivity index (χ1n) is 7.45. The Morgan fingerprint density at radius 1 is 1.26 bits per heavy atom. The van der Waals surface area contributed by atoms with E-state index in [0.717, 1.165) is 24.5 Å². The molecule has 8 nitrogen and oxygen atoms in total. The zero-order chi connectivity index (χ0) is 19.8. The van der Waals surface area contributed by atoms with E-state index < -0.39 is 41.2 Å². The molecule has 0 aliphatic carbocycles. The number of aliphatic carboxylic acids is 1. The summed E-state index contributed by atoms with van der Waals surface area (Å²) >= 11 is 0. The van der Waals surface area contributed by atoms with Crippen molar-refractivity contribution in [2.75, 3.05) is 6.54 Å². The van der Waals surface area contributed by atoms with Crippen LogP contribution >= 0.6 is 0 Å². The van der Waals surface area contributed by atoms with Crippen molar-refractivity contribution in [2.24, 2.45) is 0 Å². The van der Waals surface area contributed by atoms with Crippen LogP contribution < -0.4 is 10.7 Å². The number of carbonyl (C=O) groups is 2.